The van der Waals surface area contributed by atoms with Crippen molar-refractivity contribution in [1.82, 2.24) is 10.2 Å². The lowest BCUT2D eigenvalue weighted by atomic mass is 10.2. The summed E-state index contributed by atoms with van der Waals surface area (Å²) in [6.45, 7) is 6.96. The molecular weight excluding hydrogens is 186 g/mol. The van der Waals surface area contributed by atoms with Gasteiger partial charge in [0.1, 0.15) is 0 Å². The fourth-order valence-corrected chi connectivity index (χ4v) is 1.26. The van der Waals surface area contributed by atoms with Crippen molar-refractivity contribution in [3.8, 4) is 0 Å². The molecule has 4 heteroatoms. The van der Waals surface area contributed by atoms with Gasteiger partial charge in [0.05, 0.1) is 0 Å². The van der Waals surface area contributed by atoms with Gasteiger partial charge in [-0.05, 0) is 31.9 Å². The molecule has 1 aromatic rings. The molecule has 0 amide bonds. The first kappa shape index (κ1) is 10.3. The lowest BCUT2D eigenvalue weighted by molar-refractivity contribution is 0.879. The van der Waals surface area contributed by atoms with Gasteiger partial charge in [0.2, 0.25) is 0 Å². The van der Waals surface area contributed by atoms with Crippen molar-refractivity contribution in [2.24, 2.45) is 0 Å². The van der Waals surface area contributed by atoms with Gasteiger partial charge in [0.15, 0.2) is 11.0 Å². The van der Waals surface area contributed by atoms with Crippen LogP contribution >= 0.6 is 11.6 Å². The summed E-state index contributed by atoms with van der Waals surface area (Å²) in [5, 5.41) is 8.43. The van der Waals surface area contributed by atoms with Crippen molar-refractivity contribution in [1.29, 1.82) is 0 Å². The molecule has 0 aromatic carbocycles. The Bertz CT molecular complexity index is 312. The van der Waals surface area contributed by atoms with Crippen LogP contribution in [-0.2, 0) is 0 Å². The molecule has 0 atom stereocenters. The summed E-state index contributed by atoms with van der Waals surface area (Å²) in [6.07, 6.45) is 0. The average molecular weight is 200 g/mol. The minimum Gasteiger partial charge on any atom is -0.358 e. The largest absolute Gasteiger partial charge is 0.358 e. The molecule has 0 fully saturated rings. The maximum absolute atomic E-state index is 5.84. The molecule has 0 aliphatic carbocycles. The third-order valence-corrected chi connectivity index (χ3v) is 2.63. The molecule has 3 nitrogen and oxygen atoms in total. The van der Waals surface area contributed by atoms with E-state index in [9.17, 15) is 0 Å². The van der Waals surface area contributed by atoms with E-state index < -0.39 is 0 Å². The lowest BCUT2D eigenvalue weighted by Gasteiger charge is -2.18. The van der Waals surface area contributed by atoms with Crippen molar-refractivity contribution >= 4 is 17.4 Å². The fourth-order valence-electron chi connectivity index (χ4n) is 1.08. The van der Waals surface area contributed by atoms with E-state index in [1.807, 2.05) is 25.8 Å². The van der Waals surface area contributed by atoms with Crippen LogP contribution in [0.1, 0.15) is 18.1 Å². The van der Waals surface area contributed by atoms with E-state index in [0.717, 1.165) is 23.5 Å². The molecule has 0 N–H and O–H groups in total. The standard InChI is InChI=1S/C9H14ClN3/c1-5-13(4)9-7(3)6(2)8(10)11-12-9/h5H2,1-4H3. The van der Waals surface area contributed by atoms with Gasteiger partial charge in [-0.3, -0.25) is 0 Å². The predicted octanol–water partition coefficient (Wildman–Crippen LogP) is 2.20. The van der Waals surface area contributed by atoms with Gasteiger partial charge in [-0.2, -0.15) is 0 Å². The molecule has 13 heavy (non-hydrogen) atoms. The highest BCUT2D eigenvalue weighted by Gasteiger charge is 2.10. The van der Waals surface area contributed by atoms with Crippen molar-refractivity contribution < 1.29 is 0 Å². The minimum absolute atomic E-state index is 0.491. The van der Waals surface area contributed by atoms with Gasteiger partial charge in [-0.1, -0.05) is 11.6 Å². The van der Waals surface area contributed by atoms with Crippen LogP contribution in [0.3, 0.4) is 0 Å². The Morgan fingerprint density at radius 3 is 2.38 bits per heavy atom. The van der Waals surface area contributed by atoms with Gasteiger partial charge in [-0.25, -0.2) is 0 Å². The van der Waals surface area contributed by atoms with Crippen molar-refractivity contribution in [2.75, 3.05) is 18.5 Å². The van der Waals surface area contributed by atoms with Crippen molar-refractivity contribution in [2.45, 2.75) is 20.8 Å². The van der Waals surface area contributed by atoms with E-state index in [-0.39, 0.29) is 0 Å². The van der Waals surface area contributed by atoms with Crippen molar-refractivity contribution in [3.63, 3.8) is 0 Å². The first-order valence-corrected chi connectivity index (χ1v) is 4.66. The molecule has 1 aromatic heterocycles. The molecule has 0 unspecified atom stereocenters. The van der Waals surface area contributed by atoms with Gasteiger partial charge in [-0.15, -0.1) is 10.2 Å². The molecule has 0 saturated carbocycles. The second-order valence-electron chi connectivity index (χ2n) is 3.08. The molecule has 0 radical (unpaired) electrons. The SMILES string of the molecule is CCN(C)c1nnc(Cl)c(C)c1C. The molecule has 0 spiro atoms. The van der Waals surface area contributed by atoms with Gasteiger partial charge >= 0.3 is 0 Å². The zero-order chi connectivity index (χ0) is 10.0. The Balaban J connectivity index is 3.18. The van der Waals surface area contributed by atoms with E-state index in [0.29, 0.717) is 5.15 Å². The number of nitrogens with zero attached hydrogens (tertiary/aromatic N) is 3. The minimum atomic E-state index is 0.491. The third kappa shape index (κ3) is 1.91. The molecule has 0 aliphatic rings. The topological polar surface area (TPSA) is 29.0 Å². The summed E-state index contributed by atoms with van der Waals surface area (Å²) < 4.78 is 0. The molecule has 1 heterocycles. The molecule has 0 aliphatic heterocycles. The Morgan fingerprint density at radius 1 is 1.23 bits per heavy atom. The molecule has 1 rings (SSSR count). The average Bonchev–Trinajstić information content (AvgIpc) is 2.13. The maximum Gasteiger partial charge on any atom is 0.155 e. The highest BCUT2D eigenvalue weighted by molar-refractivity contribution is 6.30. The Morgan fingerprint density at radius 2 is 1.85 bits per heavy atom. The molecule has 0 saturated heterocycles. The molecule has 72 valence electrons. The number of hydrogen-bond acceptors (Lipinski definition) is 3. The number of aromatic nitrogens is 2. The predicted molar refractivity (Wildman–Crippen MR) is 55.5 cm³/mol. The second-order valence-corrected chi connectivity index (χ2v) is 3.44. The van der Waals surface area contributed by atoms with Crippen LogP contribution < -0.4 is 4.90 Å². The maximum atomic E-state index is 5.84. The van der Waals surface area contributed by atoms with Crippen LogP contribution in [0.25, 0.3) is 0 Å². The van der Waals surface area contributed by atoms with Crippen LogP contribution in [0.15, 0.2) is 0 Å². The van der Waals surface area contributed by atoms with Gasteiger partial charge < -0.3 is 4.90 Å². The fraction of sp³-hybridized carbons (Fsp3) is 0.556. The van der Waals surface area contributed by atoms with E-state index in [2.05, 4.69) is 17.1 Å². The zero-order valence-electron chi connectivity index (χ0n) is 8.43. The Hall–Kier alpha value is -0.830. The second kappa shape index (κ2) is 3.92. The molecule has 0 bridgehead atoms. The Labute approximate surface area is 83.7 Å². The summed E-state index contributed by atoms with van der Waals surface area (Å²) in [4.78, 5) is 2.05. The van der Waals surface area contributed by atoms with Crippen molar-refractivity contribution in [3.05, 3.63) is 16.3 Å². The summed E-state index contributed by atoms with van der Waals surface area (Å²) in [7, 11) is 1.99. The monoisotopic (exact) mass is 199 g/mol. The van der Waals surface area contributed by atoms with Crippen LogP contribution in [0.5, 0.6) is 0 Å². The van der Waals surface area contributed by atoms with Crippen LogP contribution in [-0.4, -0.2) is 23.8 Å². The third-order valence-electron chi connectivity index (χ3n) is 2.28. The summed E-state index contributed by atoms with van der Waals surface area (Å²) in [6, 6.07) is 0. The first-order chi connectivity index (χ1) is 6.07. The smallest absolute Gasteiger partial charge is 0.155 e. The van der Waals surface area contributed by atoms with Gasteiger partial charge in [0, 0.05) is 13.6 Å². The van der Waals surface area contributed by atoms with Gasteiger partial charge in [0.25, 0.3) is 0 Å². The summed E-state index contributed by atoms with van der Waals surface area (Å²) >= 11 is 5.84. The van der Waals surface area contributed by atoms with E-state index in [1.165, 1.54) is 0 Å². The summed E-state index contributed by atoms with van der Waals surface area (Å²) in [5.41, 5.74) is 2.11. The first-order valence-electron chi connectivity index (χ1n) is 4.28. The number of halogens is 1. The van der Waals surface area contributed by atoms with Crippen LogP contribution in [0, 0.1) is 13.8 Å². The number of rotatable bonds is 2. The molecular formula is C9H14ClN3. The van der Waals surface area contributed by atoms with E-state index >= 15 is 0 Å². The number of hydrogen-bond donors (Lipinski definition) is 0. The highest BCUT2D eigenvalue weighted by Crippen LogP contribution is 2.22. The summed E-state index contributed by atoms with van der Waals surface area (Å²) in [5.74, 6) is 0.907. The normalized spacial score (nSPS) is 10.2. The van der Waals surface area contributed by atoms with Crippen LogP contribution in [0.2, 0.25) is 5.15 Å². The highest BCUT2D eigenvalue weighted by atomic mass is 35.5. The van der Waals surface area contributed by atoms with E-state index in [4.69, 9.17) is 11.6 Å². The quantitative estimate of drug-likeness (QED) is 0.732. The number of anilines is 1. The van der Waals surface area contributed by atoms with Crippen LogP contribution in [0.4, 0.5) is 5.82 Å². The lowest BCUT2D eigenvalue weighted by Crippen LogP contribution is -2.19. The van der Waals surface area contributed by atoms with E-state index in [1.54, 1.807) is 0 Å². The Kier molecular flexibility index (Phi) is 3.09. The zero-order valence-corrected chi connectivity index (χ0v) is 9.18.